The summed E-state index contributed by atoms with van der Waals surface area (Å²) in [6, 6.07) is 11.2. The highest BCUT2D eigenvalue weighted by Gasteiger charge is 2.45. The van der Waals surface area contributed by atoms with Crippen molar-refractivity contribution in [1.29, 1.82) is 0 Å². The van der Waals surface area contributed by atoms with Gasteiger partial charge in [-0.3, -0.25) is 34.2 Å². The van der Waals surface area contributed by atoms with E-state index in [2.05, 4.69) is 47.7 Å². The van der Waals surface area contributed by atoms with Gasteiger partial charge in [0.1, 0.15) is 12.6 Å². The molecule has 2 aromatic carbocycles. The molecule has 3 atom stereocenters. The summed E-state index contributed by atoms with van der Waals surface area (Å²) < 4.78 is 39.1. The fourth-order valence-electron chi connectivity index (χ4n) is 10.1. The molecule has 0 aliphatic carbocycles. The third-order valence-corrected chi connectivity index (χ3v) is 13.3. The number of rotatable bonds is 11. The minimum Gasteiger partial charge on any atom is -0.371 e. The van der Waals surface area contributed by atoms with Crippen molar-refractivity contribution in [1.82, 2.24) is 40.1 Å². The van der Waals surface area contributed by atoms with E-state index in [0.717, 1.165) is 67.5 Å². The average Bonchev–Trinajstić information content (AvgIpc) is 3.96. The zero-order chi connectivity index (χ0) is 44.9. The Morgan fingerprint density at radius 3 is 2.33 bits per heavy atom. The highest BCUT2D eigenvalue weighted by molar-refractivity contribution is 6.23. The van der Waals surface area contributed by atoms with Gasteiger partial charge >= 0.3 is 12.2 Å². The number of amides is 7. The van der Waals surface area contributed by atoms with E-state index >= 15 is 0 Å². The van der Waals surface area contributed by atoms with Crippen LogP contribution in [0.25, 0.3) is 0 Å². The van der Waals surface area contributed by atoms with Crippen molar-refractivity contribution < 1.29 is 41.9 Å². The Bertz CT molecular complexity index is 2360. The second kappa shape index (κ2) is 17.3. The van der Waals surface area contributed by atoms with E-state index < -0.39 is 54.3 Å². The van der Waals surface area contributed by atoms with E-state index in [1.54, 1.807) is 12.1 Å². The van der Waals surface area contributed by atoms with Gasteiger partial charge in [0.25, 0.3) is 17.7 Å². The molecule has 3 unspecified atom stereocenters. The summed E-state index contributed by atoms with van der Waals surface area (Å²) in [5.41, 5.74) is 8.77. The number of hydrogen-bond acceptors (Lipinski definition) is 13. The third kappa shape index (κ3) is 8.76. The number of benzene rings is 2. The molecular weight excluding hydrogens is 838 g/mol. The monoisotopic (exact) mass is 886 g/mol. The summed E-state index contributed by atoms with van der Waals surface area (Å²) in [4.78, 5) is 90.3. The molecule has 0 saturated carbocycles. The fraction of sp³-hybridized carbons (Fsp3) is 0.512. The summed E-state index contributed by atoms with van der Waals surface area (Å²) in [7, 11) is 0. The lowest BCUT2D eigenvalue weighted by Crippen LogP contribution is -2.54. The zero-order valence-corrected chi connectivity index (χ0v) is 35.1. The van der Waals surface area contributed by atoms with Gasteiger partial charge in [0.2, 0.25) is 17.8 Å². The fourth-order valence-corrected chi connectivity index (χ4v) is 10.1. The number of carbonyl (C=O) groups is 6. The maximum absolute atomic E-state index is 13.4. The minimum absolute atomic E-state index is 0.00153. The topological polar surface area (TPSA) is 211 Å². The molecule has 18 nitrogen and oxygen atoms in total. The summed E-state index contributed by atoms with van der Waals surface area (Å²) >= 11 is 0. The van der Waals surface area contributed by atoms with Gasteiger partial charge in [-0.05, 0) is 99.3 Å². The molecule has 5 saturated heterocycles. The van der Waals surface area contributed by atoms with Crippen LogP contribution < -0.4 is 26.2 Å². The van der Waals surface area contributed by atoms with Crippen molar-refractivity contribution in [2.75, 3.05) is 80.6 Å². The largest absolute Gasteiger partial charge is 0.406 e. The normalized spacial score (nSPS) is 23.6. The quantitative estimate of drug-likeness (QED) is 0.237. The molecule has 4 N–H and O–H groups in total. The van der Waals surface area contributed by atoms with Gasteiger partial charge in [0.05, 0.1) is 17.2 Å². The SMILES string of the molecule is NC(=O)c1nnc(N2CCCC(N3CCN(CC(F)(F)F)C3=O)C2)nc1Nc1ccc(C2CCN(CC3CCN(c4ccc5c(c4)C(=O)N(C4CCC(=O)NC4=O)C5=O)C3)CC2)cc1. The molecule has 0 spiro atoms. The van der Waals surface area contributed by atoms with Crippen molar-refractivity contribution in [2.45, 2.75) is 69.1 Å². The number of nitrogens with two attached hydrogens (primary N) is 1. The molecule has 9 rings (SSSR count). The smallest absolute Gasteiger partial charge is 0.371 e. The maximum atomic E-state index is 13.4. The summed E-state index contributed by atoms with van der Waals surface area (Å²) in [5.74, 6) is -1.75. The average molecular weight is 887 g/mol. The van der Waals surface area contributed by atoms with Gasteiger partial charge in [0, 0.05) is 63.6 Å². The number of anilines is 4. The van der Waals surface area contributed by atoms with Crippen molar-refractivity contribution in [2.24, 2.45) is 11.7 Å². The number of primary amides is 1. The number of likely N-dealkylation sites (tertiary alicyclic amines) is 1. The Morgan fingerprint density at radius 1 is 0.828 bits per heavy atom. The van der Waals surface area contributed by atoms with Crippen LogP contribution in [0.5, 0.6) is 0 Å². The number of fused-ring (bicyclic) bond motifs is 1. The first-order valence-electron chi connectivity index (χ1n) is 21.8. The number of halogens is 3. The van der Waals surface area contributed by atoms with Gasteiger partial charge in [0.15, 0.2) is 11.5 Å². The van der Waals surface area contributed by atoms with Crippen molar-refractivity contribution in [3.63, 3.8) is 0 Å². The molecule has 3 aromatic rings. The van der Waals surface area contributed by atoms with Crippen LogP contribution in [0.1, 0.15) is 87.6 Å². The Kier molecular flexibility index (Phi) is 11.6. The second-order valence-corrected chi connectivity index (χ2v) is 17.5. The van der Waals surface area contributed by atoms with Gasteiger partial charge in [-0.25, -0.2) is 4.79 Å². The van der Waals surface area contributed by atoms with E-state index in [-0.39, 0.29) is 60.6 Å². The van der Waals surface area contributed by atoms with Crippen LogP contribution in [0.3, 0.4) is 0 Å². The van der Waals surface area contributed by atoms with Crippen LogP contribution in [0.2, 0.25) is 0 Å². The molecule has 5 fully saturated rings. The molecule has 7 heterocycles. The van der Waals surface area contributed by atoms with Crippen molar-refractivity contribution >= 4 is 58.7 Å². The molecule has 0 radical (unpaired) electrons. The Hall–Kier alpha value is -6.38. The Balaban J connectivity index is 0.766. The van der Waals surface area contributed by atoms with E-state index in [1.807, 2.05) is 23.1 Å². The van der Waals surface area contributed by atoms with Crippen molar-refractivity contribution in [3.05, 3.63) is 64.8 Å². The first-order chi connectivity index (χ1) is 30.7. The molecule has 0 bridgehead atoms. The number of nitrogens with zero attached hydrogens (tertiary/aromatic N) is 9. The van der Waals surface area contributed by atoms with Gasteiger partial charge in [-0.2, -0.15) is 18.2 Å². The van der Waals surface area contributed by atoms with Crippen LogP contribution in [-0.4, -0.2) is 154 Å². The van der Waals surface area contributed by atoms with Crippen LogP contribution in [0.15, 0.2) is 42.5 Å². The first-order valence-corrected chi connectivity index (χ1v) is 21.8. The minimum atomic E-state index is -4.48. The Labute approximate surface area is 366 Å². The molecule has 21 heteroatoms. The standard InChI is InChI=1S/C43H49F3N12O6/c44-43(45,46)24-56-18-19-57(42(56)64)30-2-1-14-55(23-30)41-50-37(35(36(47)60)51-52-41)48-28-5-3-26(4-6-28)27-12-15-53(16-13-27)21-25-11-17-54(22-25)29-7-8-31-32(20-29)40(63)58(39(31)62)33-9-10-34(59)49-38(33)61/h3-8,20,25,27,30,33H,1-2,9-19,21-24H2,(H2,47,60)(H,48,50,52)(H,49,59,61). The number of nitrogens with one attached hydrogen (secondary N) is 2. The summed E-state index contributed by atoms with van der Waals surface area (Å²) in [6.07, 6.45) is -0.0581. The number of alkyl halides is 3. The van der Waals surface area contributed by atoms with E-state index in [0.29, 0.717) is 43.5 Å². The lowest BCUT2D eigenvalue weighted by atomic mass is 9.89. The number of imide groups is 2. The molecule has 6 aliphatic rings. The molecule has 1 aromatic heterocycles. The lowest BCUT2D eigenvalue weighted by Gasteiger charge is -2.37. The lowest BCUT2D eigenvalue weighted by molar-refractivity contribution is -0.139. The second-order valence-electron chi connectivity index (χ2n) is 17.5. The van der Waals surface area contributed by atoms with Crippen molar-refractivity contribution in [3.8, 4) is 0 Å². The predicted molar refractivity (Wildman–Crippen MR) is 225 cm³/mol. The van der Waals surface area contributed by atoms with Gasteiger partial charge in [-0.1, -0.05) is 12.1 Å². The molecule has 338 valence electrons. The predicted octanol–water partition coefficient (Wildman–Crippen LogP) is 3.09. The third-order valence-electron chi connectivity index (χ3n) is 13.3. The zero-order valence-electron chi connectivity index (χ0n) is 35.1. The van der Waals surface area contributed by atoms with E-state index in [9.17, 15) is 41.9 Å². The van der Waals surface area contributed by atoms with Crippen LogP contribution in [0, 0.1) is 5.92 Å². The van der Waals surface area contributed by atoms with Crippen LogP contribution >= 0.6 is 0 Å². The van der Waals surface area contributed by atoms with Crippen LogP contribution in [0.4, 0.5) is 41.1 Å². The van der Waals surface area contributed by atoms with Gasteiger partial charge < -0.3 is 35.6 Å². The summed E-state index contributed by atoms with van der Waals surface area (Å²) in [6.45, 7) is 4.22. The number of aromatic nitrogens is 3. The van der Waals surface area contributed by atoms with E-state index in [4.69, 9.17) is 5.73 Å². The molecular formula is C43H49F3N12O6. The number of urea groups is 1. The number of piperidine rings is 3. The molecule has 64 heavy (non-hydrogen) atoms. The highest BCUT2D eigenvalue weighted by atomic mass is 19.4. The van der Waals surface area contributed by atoms with Crippen LogP contribution in [-0.2, 0) is 9.59 Å². The van der Waals surface area contributed by atoms with E-state index in [1.165, 1.54) is 10.5 Å². The summed E-state index contributed by atoms with van der Waals surface area (Å²) in [5, 5.41) is 13.6. The molecule has 6 aliphatic heterocycles. The first kappa shape index (κ1) is 42.9. The number of hydrogen-bond donors (Lipinski definition) is 3. The van der Waals surface area contributed by atoms with Gasteiger partial charge in [-0.15, -0.1) is 10.2 Å². The number of carbonyl (C=O) groups excluding carboxylic acids is 6. The Morgan fingerprint density at radius 2 is 1.59 bits per heavy atom. The molecule has 7 amide bonds. The maximum Gasteiger partial charge on any atom is 0.406 e. The highest BCUT2D eigenvalue weighted by Crippen LogP contribution is 2.35.